The van der Waals surface area contributed by atoms with Crippen LogP contribution in [0.5, 0.6) is 11.5 Å². The van der Waals surface area contributed by atoms with Crippen molar-refractivity contribution in [2.45, 2.75) is 4.90 Å². The van der Waals surface area contributed by atoms with Crippen LogP contribution in [0.3, 0.4) is 0 Å². The third-order valence-corrected chi connectivity index (χ3v) is 5.24. The first-order chi connectivity index (χ1) is 13.6. The molecule has 28 heavy (non-hydrogen) atoms. The number of aromatic nitrogens is 4. The molecule has 0 aliphatic heterocycles. The van der Waals surface area contributed by atoms with Gasteiger partial charge in [-0.3, -0.25) is 4.72 Å². The summed E-state index contributed by atoms with van der Waals surface area (Å²) in [6, 6.07) is 22.1. The highest BCUT2D eigenvalue weighted by Gasteiger charge is 2.18. The highest BCUT2D eigenvalue weighted by atomic mass is 32.2. The van der Waals surface area contributed by atoms with E-state index in [-0.39, 0.29) is 4.90 Å². The maximum absolute atomic E-state index is 12.7. The Morgan fingerprint density at radius 3 is 2.29 bits per heavy atom. The molecule has 0 radical (unpaired) electrons. The number of nitrogens with one attached hydrogen (secondary N) is 2. The van der Waals surface area contributed by atoms with Gasteiger partial charge in [-0.05, 0) is 47.7 Å². The van der Waals surface area contributed by atoms with Gasteiger partial charge in [-0.1, -0.05) is 36.4 Å². The van der Waals surface area contributed by atoms with E-state index in [1.165, 1.54) is 12.1 Å². The van der Waals surface area contributed by atoms with E-state index in [4.69, 9.17) is 4.74 Å². The minimum absolute atomic E-state index is 0.155. The van der Waals surface area contributed by atoms with Gasteiger partial charge >= 0.3 is 0 Å². The molecular formula is C19H15N5O3S. The molecular weight excluding hydrogens is 378 g/mol. The molecule has 4 rings (SSSR count). The van der Waals surface area contributed by atoms with Crippen LogP contribution in [0.4, 0.5) is 5.69 Å². The first-order valence-corrected chi connectivity index (χ1v) is 9.79. The number of H-pyrrole nitrogens is 1. The molecule has 0 saturated carbocycles. The molecule has 0 unspecified atom stereocenters. The molecule has 0 fully saturated rings. The fourth-order valence-electron chi connectivity index (χ4n) is 2.53. The molecule has 3 aromatic carbocycles. The second-order valence-corrected chi connectivity index (χ2v) is 7.46. The van der Waals surface area contributed by atoms with E-state index in [1.807, 2.05) is 18.2 Å². The molecule has 1 aromatic heterocycles. The lowest BCUT2D eigenvalue weighted by Gasteiger charge is -2.14. The molecule has 0 bridgehead atoms. The van der Waals surface area contributed by atoms with Crippen molar-refractivity contribution in [3.63, 3.8) is 0 Å². The Kier molecular flexibility index (Phi) is 4.73. The molecule has 4 aromatic rings. The Balaban J connectivity index is 1.73. The zero-order valence-corrected chi connectivity index (χ0v) is 15.3. The van der Waals surface area contributed by atoms with Crippen LogP contribution in [0, 0.1) is 0 Å². The fourth-order valence-corrected chi connectivity index (χ4v) is 3.62. The van der Waals surface area contributed by atoms with E-state index in [0.29, 0.717) is 28.6 Å². The van der Waals surface area contributed by atoms with Crippen molar-refractivity contribution in [2.24, 2.45) is 0 Å². The van der Waals surface area contributed by atoms with Gasteiger partial charge in [0.25, 0.3) is 10.0 Å². The average Bonchev–Trinajstić information content (AvgIpc) is 3.25. The highest BCUT2D eigenvalue weighted by molar-refractivity contribution is 7.92. The second-order valence-electron chi connectivity index (χ2n) is 5.78. The van der Waals surface area contributed by atoms with Crippen LogP contribution < -0.4 is 9.46 Å². The van der Waals surface area contributed by atoms with E-state index in [9.17, 15) is 8.42 Å². The number of para-hydroxylation sites is 1. The van der Waals surface area contributed by atoms with Gasteiger partial charge in [-0.15, -0.1) is 10.2 Å². The third-order valence-electron chi connectivity index (χ3n) is 3.85. The number of ether oxygens (including phenoxy) is 1. The van der Waals surface area contributed by atoms with Crippen LogP contribution in [0.15, 0.2) is 83.8 Å². The Hall–Kier alpha value is -3.72. The maximum Gasteiger partial charge on any atom is 0.262 e. The molecule has 0 saturated heterocycles. The largest absolute Gasteiger partial charge is 0.455 e. The van der Waals surface area contributed by atoms with Crippen molar-refractivity contribution in [1.29, 1.82) is 0 Å². The zero-order valence-electron chi connectivity index (χ0n) is 14.5. The molecule has 0 amide bonds. The van der Waals surface area contributed by atoms with Crippen LogP contribution in [0.2, 0.25) is 0 Å². The predicted octanol–water partition coefficient (Wildman–Crippen LogP) is 3.46. The quantitative estimate of drug-likeness (QED) is 0.519. The lowest BCUT2D eigenvalue weighted by Crippen LogP contribution is -2.13. The van der Waals surface area contributed by atoms with Crippen molar-refractivity contribution in [3.8, 4) is 22.9 Å². The molecule has 140 valence electrons. The summed E-state index contributed by atoms with van der Waals surface area (Å²) >= 11 is 0. The number of benzene rings is 3. The first-order valence-electron chi connectivity index (χ1n) is 8.30. The molecule has 8 nitrogen and oxygen atoms in total. The van der Waals surface area contributed by atoms with Crippen LogP contribution in [0.25, 0.3) is 11.4 Å². The number of anilines is 1. The molecule has 0 atom stereocenters. The fraction of sp³-hybridized carbons (Fsp3) is 0. The molecule has 2 N–H and O–H groups in total. The standard InChI is InChI=1S/C19H15N5O3S/c25-28(26,16-9-5-2-6-10-16)22-17-12-11-14(19-20-23-24-21-19)13-18(17)27-15-7-3-1-4-8-15/h1-13,22H,(H,20,21,23,24). The summed E-state index contributed by atoms with van der Waals surface area (Å²) in [6.45, 7) is 0. The van der Waals surface area contributed by atoms with Crippen molar-refractivity contribution in [1.82, 2.24) is 20.6 Å². The van der Waals surface area contributed by atoms with Crippen LogP contribution in [-0.4, -0.2) is 29.0 Å². The van der Waals surface area contributed by atoms with E-state index in [1.54, 1.807) is 48.5 Å². The molecule has 1 heterocycles. The Morgan fingerprint density at radius 1 is 0.893 bits per heavy atom. The van der Waals surface area contributed by atoms with Crippen LogP contribution in [0.1, 0.15) is 0 Å². The number of tetrazole rings is 1. The van der Waals surface area contributed by atoms with Gasteiger partial charge < -0.3 is 4.74 Å². The summed E-state index contributed by atoms with van der Waals surface area (Å²) < 4.78 is 33.9. The number of sulfonamides is 1. The smallest absolute Gasteiger partial charge is 0.262 e. The summed E-state index contributed by atoms with van der Waals surface area (Å²) in [7, 11) is -3.77. The Labute approximate surface area is 161 Å². The Morgan fingerprint density at radius 2 is 1.61 bits per heavy atom. The minimum Gasteiger partial charge on any atom is -0.455 e. The normalized spacial score (nSPS) is 11.1. The van der Waals surface area contributed by atoms with Crippen molar-refractivity contribution < 1.29 is 13.2 Å². The lowest BCUT2D eigenvalue weighted by atomic mass is 10.2. The number of hydrogen-bond acceptors (Lipinski definition) is 6. The van der Waals surface area contributed by atoms with Crippen molar-refractivity contribution in [3.05, 3.63) is 78.9 Å². The van der Waals surface area contributed by atoms with Crippen LogP contribution in [-0.2, 0) is 10.0 Å². The van der Waals surface area contributed by atoms with Gasteiger partial charge in [0.15, 0.2) is 5.75 Å². The summed E-state index contributed by atoms with van der Waals surface area (Å²) in [5, 5.41) is 13.8. The van der Waals surface area contributed by atoms with Gasteiger partial charge in [0.2, 0.25) is 5.82 Å². The zero-order chi connectivity index (χ0) is 19.4. The first kappa shape index (κ1) is 17.7. The third kappa shape index (κ3) is 3.84. The maximum atomic E-state index is 12.7. The van der Waals surface area contributed by atoms with Gasteiger partial charge in [-0.25, -0.2) is 8.42 Å². The van der Waals surface area contributed by atoms with E-state index < -0.39 is 10.0 Å². The number of rotatable bonds is 6. The topological polar surface area (TPSA) is 110 Å². The second kappa shape index (κ2) is 7.49. The molecule has 0 spiro atoms. The summed E-state index contributed by atoms with van der Waals surface area (Å²) in [6.07, 6.45) is 0. The van der Waals surface area contributed by atoms with Gasteiger partial charge in [0, 0.05) is 5.56 Å². The molecule has 0 aliphatic carbocycles. The number of hydrogen-bond donors (Lipinski definition) is 2. The van der Waals surface area contributed by atoms with Gasteiger partial charge in [-0.2, -0.15) is 5.21 Å². The molecule has 0 aliphatic rings. The van der Waals surface area contributed by atoms with E-state index >= 15 is 0 Å². The highest BCUT2D eigenvalue weighted by Crippen LogP contribution is 2.34. The number of nitrogens with zero attached hydrogens (tertiary/aromatic N) is 3. The minimum atomic E-state index is -3.77. The van der Waals surface area contributed by atoms with Gasteiger partial charge in [0.05, 0.1) is 10.6 Å². The average molecular weight is 393 g/mol. The monoisotopic (exact) mass is 393 g/mol. The van der Waals surface area contributed by atoms with E-state index in [0.717, 1.165) is 0 Å². The van der Waals surface area contributed by atoms with Crippen LogP contribution >= 0.6 is 0 Å². The SMILES string of the molecule is O=S(=O)(Nc1ccc(-c2nn[nH]n2)cc1Oc1ccccc1)c1ccccc1. The summed E-state index contributed by atoms with van der Waals surface area (Å²) in [4.78, 5) is 0.155. The summed E-state index contributed by atoms with van der Waals surface area (Å²) in [5.74, 6) is 1.25. The predicted molar refractivity (Wildman–Crippen MR) is 103 cm³/mol. The van der Waals surface area contributed by atoms with Crippen molar-refractivity contribution >= 4 is 15.7 Å². The summed E-state index contributed by atoms with van der Waals surface area (Å²) in [5.41, 5.74) is 0.919. The molecule has 9 heteroatoms. The number of aromatic amines is 1. The Bertz CT molecular complexity index is 1160. The van der Waals surface area contributed by atoms with Crippen molar-refractivity contribution in [2.75, 3.05) is 4.72 Å². The lowest BCUT2D eigenvalue weighted by molar-refractivity contribution is 0.485. The van der Waals surface area contributed by atoms with E-state index in [2.05, 4.69) is 25.3 Å². The van der Waals surface area contributed by atoms with Gasteiger partial charge in [0.1, 0.15) is 5.75 Å².